The summed E-state index contributed by atoms with van der Waals surface area (Å²) in [5.41, 5.74) is 4.72. The molecule has 0 bridgehead atoms. The second-order valence-electron chi connectivity index (χ2n) is 14.9. The molecular weight excluding hydrogens is 655 g/mol. The minimum atomic E-state index is -1.05. The first kappa shape index (κ1) is 36.2. The third-order valence-corrected chi connectivity index (χ3v) is 13.0. The zero-order valence-corrected chi connectivity index (χ0v) is 31.2. The van der Waals surface area contributed by atoms with E-state index < -0.39 is 34.4 Å². The van der Waals surface area contributed by atoms with Crippen molar-refractivity contribution in [2.75, 3.05) is 13.7 Å². The molecule has 4 aliphatic rings. The van der Waals surface area contributed by atoms with Gasteiger partial charge in [0.25, 0.3) is 11.8 Å². The van der Waals surface area contributed by atoms with Gasteiger partial charge < -0.3 is 34.9 Å². The fourth-order valence-electron chi connectivity index (χ4n) is 7.32. The highest BCUT2D eigenvalue weighted by Crippen LogP contribution is 2.52. The van der Waals surface area contributed by atoms with Crippen LogP contribution >= 0.6 is 10.7 Å². The predicted molar refractivity (Wildman–Crippen MR) is 196 cm³/mol. The number of quaternary nitrogens is 1. The maximum Gasteiger partial charge on any atom is 0.281 e. The summed E-state index contributed by atoms with van der Waals surface area (Å²) in [6, 6.07) is 4.27. The first-order valence-electron chi connectivity index (χ1n) is 18.2. The molecule has 3 fully saturated rings. The number of rotatable bonds is 8. The minimum absolute atomic E-state index is 0.0777. The number of methoxy groups -OCH3 is 1. The Kier molecular flexibility index (Phi) is 10.5. The lowest BCUT2D eigenvalue weighted by atomic mass is 10.1. The summed E-state index contributed by atoms with van der Waals surface area (Å²) in [6.07, 6.45) is 11.0. The first-order valence-corrected chi connectivity index (χ1v) is 19.5. The number of nitrogens with one attached hydrogen (secondary N) is 2. The van der Waals surface area contributed by atoms with Gasteiger partial charge in [0.1, 0.15) is 29.2 Å². The fourth-order valence-corrected chi connectivity index (χ4v) is 9.18. The Labute approximate surface area is 298 Å². The van der Waals surface area contributed by atoms with E-state index in [2.05, 4.69) is 40.2 Å². The van der Waals surface area contributed by atoms with Gasteiger partial charge >= 0.3 is 0 Å². The van der Waals surface area contributed by atoms with Gasteiger partial charge in [0.05, 0.1) is 25.3 Å². The van der Waals surface area contributed by atoms with Crippen molar-refractivity contribution in [2.24, 2.45) is 5.92 Å². The Balaban J connectivity index is 1.30. The SMILES string of the molecule is C/C=S(/NC(=O)[C@@]12C[C@H]1/C=C\CCCCC[C@H]([NH3+])C(=O)N1C[C@H](Oc3cc(OC(C)C)nc4c(C)c(OC)ccc34)C[C@H]1C(=O)N2)C1(C)CC1. The number of pyridine rings is 1. The third kappa shape index (κ3) is 7.37. The standard InChI is InChI=1S/C38H53N5O6S/c1-7-50(37(5)17-18-37)42-36(46)38-21-25(38)13-11-9-8-10-12-14-28(39)35(45)43-22-26(19-29(43)34(44)41-38)49-31-20-32(48-23(2)3)40-33-24(4)30(47-6)16-15-27(31)33/h7,11,13,15-16,20,23,25-26,28-29H,8-10,12,14,17-19,21-22,39H2,1-6H3,(H,41,44)(H,42,46)/p+1/b13-11-/t25-,26-,28+,29+,38-,50?/m1/s1. The number of benzene rings is 1. The van der Waals surface area contributed by atoms with Crippen LogP contribution < -0.4 is 30.0 Å². The maximum atomic E-state index is 14.4. The van der Waals surface area contributed by atoms with E-state index in [0.717, 1.165) is 49.5 Å². The van der Waals surface area contributed by atoms with Gasteiger partial charge in [0.2, 0.25) is 11.8 Å². The molecular formula is C38H54N5O6S+. The molecule has 1 aromatic heterocycles. The second-order valence-corrected chi connectivity index (χ2v) is 17.2. The third-order valence-electron chi connectivity index (χ3n) is 10.7. The van der Waals surface area contributed by atoms with Crippen molar-refractivity contribution in [3.05, 3.63) is 35.9 Å². The molecule has 1 saturated heterocycles. The van der Waals surface area contributed by atoms with Gasteiger partial charge in [-0.1, -0.05) is 29.2 Å². The van der Waals surface area contributed by atoms with E-state index in [4.69, 9.17) is 19.2 Å². The van der Waals surface area contributed by atoms with E-state index in [0.29, 0.717) is 35.7 Å². The quantitative estimate of drug-likeness (QED) is 0.273. The van der Waals surface area contributed by atoms with E-state index in [1.807, 2.05) is 39.8 Å². The Morgan fingerprint density at radius 2 is 1.98 bits per heavy atom. The number of aryl methyl sites for hydroxylation is 1. The van der Waals surface area contributed by atoms with Crippen LogP contribution in [0.2, 0.25) is 0 Å². The lowest BCUT2D eigenvalue weighted by Gasteiger charge is -2.28. The van der Waals surface area contributed by atoms with Crippen LogP contribution in [0.25, 0.3) is 10.9 Å². The Hall–Kier alpha value is -3.64. The summed E-state index contributed by atoms with van der Waals surface area (Å²) < 4.78 is 21.6. The smallest absolute Gasteiger partial charge is 0.281 e. The van der Waals surface area contributed by atoms with Crippen LogP contribution in [0, 0.1) is 12.8 Å². The minimum Gasteiger partial charge on any atom is -0.496 e. The number of allylic oxidation sites excluding steroid dienone is 1. The monoisotopic (exact) mass is 708 g/mol. The lowest BCUT2D eigenvalue weighted by molar-refractivity contribution is -0.407. The van der Waals surface area contributed by atoms with Crippen LogP contribution in [-0.2, 0) is 14.4 Å². The van der Waals surface area contributed by atoms with E-state index >= 15 is 0 Å². The molecule has 3 heterocycles. The highest BCUT2D eigenvalue weighted by Gasteiger charge is 2.61. The fraction of sp³-hybridized carbons (Fsp3) is 0.605. The molecule has 50 heavy (non-hydrogen) atoms. The first-order chi connectivity index (χ1) is 23.9. The van der Waals surface area contributed by atoms with Crippen LogP contribution in [0.15, 0.2) is 30.4 Å². The van der Waals surface area contributed by atoms with Gasteiger partial charge in [-0.05, 0) is 90.6 Å². The summed E-state index contributed by atoms with van der Waals surface area (Å²) in [5.74, 6) is 0.929. The van der Waals surface area contributed by atoms with Crippen LogP contribution in [0.3, 0.4) is 0 Å². The van der Waals surface area contributed by atoms with Crippen LogP contribution in [0.4, 0.5) is 0 Å². The Morgan fingerprint density at radius 3 is 2.68 bits per heavy atom. The van der Waals surface area contributed by atoms with Crippen molar-refractivity contribution in [3.63, 3.8) is 0 Å². The average molecular weight is 709 g/mol. The predicted octanol–water partition coefficient (Wildman–Crippen LogP) is 4.37. The number of hydrogen-bond acceptors (Lipinski definition) is 7. The zero-order chi connectivity index (χ0) is 35.8. The highest BCUT2D eigenvalue weighted by atomic mass is 32.2. The average Bonchev–Trinajstić information content (AvgIpc) is 3.95. The molecule has 2 saturated carbocycles. The number of fused-ring (bicyclic) bond motifs is 3. The van der Waals surface area contributed by atoms with Crippen molar-refractivity contribution in [1.82, 2.24) is 19.9 Å². The van der Waals surface area contributed by atoms with Gasteiger partial charge in [-0.3, -0.25) is 14.4 Å². The summed E-state index contributed by atoms with van der Waals surface area (Å²) in [4.78, 5) is 48.8. The van der Waals surface area contributed by atoms with Gasteiger partial charge in [0, 0.05) is 40.5 Å². The summed E-state index contributed by atoms with van der Waals surface area (Å²) >= 11 is 0. The molecule has 11 nitrogen and oxygen atoms in total. The number of aromatic nitrogens is 1. The largest absolute Gasteiger partial charge is 0.496 e. The molecule has 3 amide bonds. The molecule has 1 aromatic carbocycles. The van der Waals surface area contributed by atoms with Crippen molar-refractivity contribution in [2.45, 2.75) is 127 Å². The van der Waals surface area contributed by atoms with Crippen molar-refractivity contribution < 1.29 is 34.3 Å². The zero-order valence-electron chi connectivity index (χ0n) is 30.4. The number of hydrogen-bond donors (Lipinski definition) is 3. The Bertz CT molecular complexity index is 1710. The number of ether oxygens (including phenoxy) is 3. The van der Waals surface area contributed by atoms with E-state index in [1.54, 1.807) is 18.1 Å². The van der Waals surface area contributed by atoms with Gasteiger partial charge in [0.15, 0.2) is 6.04 Å². The van der Waals surface area contributed by atoms with Crippen molar-refractivity contribution >= 4 is 44.7 Å². The van der Waals surface area contributed by atoms with Crippen LogP contribution in [0.5, 0.6) is 17.4 Å². The summed E-state index contributed by atoms with van der Waals surface area (Å²) in [5, 5.41) is 6.05. The molecule has 12 heteroatoms. The van der Waals surface area contributed by atoms with Gasteiger partial charge in [-0.25, -0.2) is 4.98 Å². The van der Waals surface area contributed by atoms with Gasteiger partial charge in [-0.15, -0.1) is 0 Å². The molecule has 0 radical (unpaired) electrons. The highest BCUT2D eigenvalue weighted by molar-refractivity contribution is 8.15. The molecule has 2 aromatic rings. The van der Waals surface area contributed by atoms with Gasteiger partial charge in [-0.2, -0.15) is 0 Å². The van der Waals surface area contributed by atoms with Crippen LogP contribution in [-0.4, -0.2) is 81.2 Å². The topological polar surface area (TPSA) is 147 Å². The number of carbonyl (C=O) groups excluding carboxylic acids is 3. The molecule has 1 unspecified atom stereocenters. The number of nitrogens with zero attached hydrogens (tertiary/aromatic N) is 2. The second kappa shape index (κ2) is 14.5. The molecule has 6 rings (SSSR count). The lowest BCUT2D eigenvalue weighted by Crippen LogP contribution is -2.69. The van der Waals surface area contributed by atoms with Crippen molar-refractivity contribution in [3.8, 4) is 17.4 Å². The van der Waals surface area contributed by atoms with E-state index in [-0.39, 0.29) is 47.5 Å². The molecule has 5 N–H and O–H groups in total. The molecule has 2 aliphatic heterocycles. The molecule has 2 aliphatic carbocycles. The van der Waals surface area contributed by atoms with Crippen LogP contribution in [0.1, 0.15) is 91.0 Å². The van der Waals surface area contributed by atoms with E-state index in [9.17, 15) is 14.4 Å². The normalized spacial score (nSPS) is 29.2. The van der Waals surface area contributed by atoms with Crippen molar-refractivity contribution in [1.29, 1.82) is 0 Å². The Morgan fingerprint density at radius 1 is 1.20 bits per heavy atom. The summed E-state index contributed by atoms with van der Waals surface area (Å²) in [6.45, 7) is 10.2. The molecule has 6 atom stereocenters. The molecule has 0 spiro atoms. The summed E-state index contributed by atoms with van der Waals surface area (Å²) in [7, 11) is 1.23. The molecule has 272 valence electrons. The number of amides is 3. The number of carbonyl (C=O) groups is 3. The van der Waals surface area contributed by atoms with E-state index in [1.165, 1.54) is 0 Å². The maximum absolute atomic E-state index is 14.4.